The second-order valence-electron chi connectivity index (χ2n) is 4.97. The van der Waals surface area contributed by atoms with Crippen LogP contribution in [0.2, 0.25) is 0 Å². The van der Waals surface area contributed by atoms with Gasteiger partial charge in [0.25, 0.3) is 0 Å². The van der Waals surface area contributed by atoms with Gasteiger partial charge in [-0.1, -0.05) is 6.92 Å². The molecule has 2 N–H and O–H groups in total. The Hall–Kier alpha value is -1.03. The van der Waals surface area contributed by atoms with Crippen LogP contribution in [0.15, 0.2) is 0 Å². The second kappa shape index (κ2) is 5.08. The van der Waals surface area contributed by atoms with E-state index < -0.39 is 0 Å². The topological polar surface area (TPSA) is 47.1 Å². The molecule has 4 heteroatoms. The first-order valence-corrected chi connectivity index (χ1v) is 6.68. The number of nitrogens with zero attached hydrogens (tertiary/aromatic N) is 3. The highest BCUT2D eigenvalue weighted by molar-refractivity contribution is 5.52. The third-order valence-corrected chi connectivity index (χ3v) is 3.43. The molecule has 0 aromatic carbocycles. The first kappa shape index (κ1) is 12.4. The maximum atomic E-state index is 5.72. The molecule has 2 rings (SSSR count). The quantitative estimate of drug-likeness (QED) is 0.816. The minimum absolute atomic E-state index is 0.699. The molecule has 0 unspecified atom stereocenters. The molecule has 1 saturated carbocycles. The number of rotatable bonds is 6. The van der Waals surface area contributed by atoms with E-state index in [1.54, 1.807) is 0 Å². The van der Waals surface area contributed by atoms with E-state index in [2.05, 4.69) is 23.8 Å². The monoisotopic (exact) mass is 236 g/mol. The number of aromatic nitrogens is 2. The predicted molar refractivity (Wildman–Crippen MR) is 71.4 cm³/mol. The van der Waals surface area contributed by atoms with Crippen LogP contribution < -0.4 is 10.6 Å². The molecule has 1 heterocycles. The van der Waals surface area contributed by atoms with Gasteiger partial charge in [0.2, 0.25) is 0 Å². The van der Waals surface area contributed by atoms with E-state index >= 15 is 0 Å². The van der Waals surface area contributed by atoms with Crippen molar-refractivity contribution >= 4 is 5.82 Å². The van der Waals surface area contributed by atoms with E-state index in [0.29, 0.717) is 6.54 Å². The van der Waals surface area contributed by atoms with Gasteiger partial charge in [0.05, 0.1) is 5.69 Å². The largest absolute Gasteiger partial charge is 0.354 e. The number of hydrogen-bond acceptors (Lipinski definition) is 3. The highest BCUT2D eigenvalue weighted by Crippen LogP contribution is 2.34. The molecular weight excluding hydrogens is 212 g/mol. The Labute approximate surface area is 104 Å². The van der Waals surface area contributed by atoms with Crippen LogP contribution in [0.1, 0.15) is 37.4 Å². The number of aryl methyl sites for hydroxylation is 2. The summed E-state index contributed by atoms with van der Waals surface area (Å²) < 4.78 is 2.04. The van der Waals surface area contributed by atoms with Crippen molar-refractivity contribution in [3.8, 4) is 0 Å². The lowest BCUT2D eigenvalue weighted by Gasteiger charge is -2.25. The summed E-state index contributed by atoms with van der Waals surface area (Å²) in [5, 5.41) is 4.56. The standard InChI is InChI=1S/C13H24N4/c1-4-9-17(11-5-6-11)13-12(7-8-14)10(2)15-16(13)3/h11H,4-9,14H2,1-3H3. The average Bonchev–Trinajstić information content (AvgIpc) is 3.06. The zero-order valence-corrected chi connectivity index (χ0v) is 11.2. The zero-order valence-electron chi connectivity index (χ0n) is 11.2. The van der Waals surface area contributed by atoms with Crippen molar-refractivity contribution < 1.29 is 0 Å². The van der Waals surface area contributed by atoms with Crippen LogP contribution in [0, 0.1) is 6.92 Å². The third kappa shape index (κ3) is 2.46. The number of anilines is 1. The highest BCUT2D eigenvalue weighted by Gasteiger charge is 2.32. The van der Waals surface area contributed by atoms with E-state index in [1.807, 2.05) is 11.7 Å². The molecule has 1 aromatic rings. The van der Waals surface area contributed by atoms with Crippen molar-refractivity contribution in [1.29, 1.82) is 0 Å². The molecule has 1 aliphatic rings. The zero-order chi connectivity index (χ0) is 12.4. The van der Waals surface area contributed by atoms with Gasteiger partial charge in [0, 0.05) is 25.2 Å². The van der Waals surface area contributed by atoms with Gasteiger partial charge in [-0.15, -0.1) is 0 Å². The first-order valence-electron chi connectivity index (χ1n) is 6.68. The van der Waals surface area contributed by atoms with Crippen molar-refractivity contribution in [1.82, 2.24) is 9.78 Å². The van der Waals surface area contributed by atoms with Gasteiger partial charge in [0.15, 0.2) is 0 Å². The lowest BCUT2D eigenvalue weighted by Crippen LogP contribution is -2.29. The van der Waals surface area contributed by atoms with Crippen molar-refractivity contribution in [2.45, 2.75) is 45.6 Å². The lowest BCUT2D eigenvalue weighted by molar-refractivity contribution is 0.680. The molecule has 96 valence electrons. The molecular formula is C13H24N4. The highest BCUT2D eigenvalue weighted by atomic mass is 15.4. The maximum Gasteiger partial charge on any atom is 0.130 e. The van der Waals surface area contributed by atoms with Crippen LogP contribution in [-0.4, -0.2) is 28.9 Å². The van der Waals surface area contributed by atoms with Crippen molar-refractivity contribution in [2.75, 3.05) is 18.0 Å². The van der Waals surface area contributed by atoms with Crippen LogP contribution in [0.4, 0.5) is 5.82 Å². The fraction of sp³-hybridized carbons (Fsp3) is 0.769. The number of hydrogen-bond donors (Lipinski definition) is 1. The Balaban J connectivity index is 2.33. The third-order valence-electron chi connectivity index (χ3n) is 3.43. The van der Waals surface area contributed by atoms with Gasteiger partial charge in [-0.2, -0.15) is 5.10 Å². The van der Waals surface area contributed by atoms with E-state index in [9.17, 15) is 0 Å². The van der Waals surface area contributed by atoms with Gasteiger partial charge in [-0.25, -0.2) is 0 Å². The van der Waals surface area contributed by atoms with Crippen molar-refractivity contribution in [3.05, 3.63) is 11.3 Å². The summed E-state index contributed by atoms with van der Waals surface area (Å²) >= 11 is 0. The van der Waals surface area contributed by atoms with Gasteiger partial charge >= 0.3 is 0 Å². The smallest absolute Gasteiger partial charge is 0.130 e. The Bertz CT molecular complexity index is 379. The van der Waals surface area contributed by atoms with Gasteiger partial charge in [-0.05, 0) is 39.2 Å². The summed E-state index contributed by atoms with van der Waals surface area (Å²) in [5.41, 5.74) is 8.19. The van der Waals surface area contributed by atoms with E-state index in [0.717, 1.165) is 24.7 Å². The van der Waals surface area contributed by atoms with Crippen LogP contribution in [0.5, 0.6) is 0 Å². The molecule has 0 bridgehead atoms. The first-order chi connectivity index (χ1) is 8.19. The Kier molecular flexibility index (Phi) is 3.72. The molecule has 0 spiro atoms. The normalized spacial score (nSPS) is 15.3. The summed E-state index contributed by atoms with van der Waals surface area (Å²) in [6.45, 7) is 6.15. The fourth-order valence-corrected chi connectivity index (χ4v) is 2.57. The van der Waals surface area contributed by atoms with Gasteiger partial charge in [-0.3, -0.25) is 4.68 Å². The molecule has 4 nitrogen and oxygen atoms in total. The van der Waals surface area contributed by atoms with Crippen LogP contribution in [-0.2, 0) is 13.5 Å². The van der Waals surface area contributed by atoms with E-state index in [4.69, 9.17) is 5.73 Å². The molecule has 1 aliphatic carbocycles. The van der Waals surface area contributed by atoms with Crippen molar-refractivity contribution in [2.24, 2.45) is 12.8 Å². The van der Waals surface area contributed by atoms with Crippen LogP contribution in [0.25, 0.3) is 0 Å². The summed E-state index contributed by atoms with van der Waals surface area (Å²) in [6.07, 6.45) is 4.77. The summed E-state index contributed by atoms with van der Waals surface area (Å²) in [6, 6.07) is 0.737. The molecule has 17 heavy (non-hydrogen) atoms. The average molecular weight is 236 g/mol. The molecule has 0 amide bonds. The van der Waals surface area contributed by atoms with Crippen molar-refractivity contribution in [3.63, 3.8) is 0 Å². The Morgan fingerprint density at radius 2 is 2.18 bits per heavy atom. The SMILES string of the molecule is CCCN(c1c(CCN)c(C)nn1C)C1CC1. The maximum absolute atomic E-state index is 5.72. The predicted octanol–water partition coefficient (Wildman–Crippen LogP) is 1.61. The second-order valence-corrected chi connectivity index (χ2v) is 4.97. The molecule has 0 radical (unpaired) electrons. The van der Waals surface area contributed by atoms with Crippen LogP contribution >= 0.6 is 0 Å². The summed E-state index contributed by atoms with van der Waals surface area (Å²) in [7, 11) is 2.05. The molecule has 1 aromatic heterocycles. The fourth-order valence-electron chi connectivity index (χ4n) is 2.57. The summed E-state index contributed by atoms with van der Waals surface area (Å²) in [4.78, 5) is 2.53. The van der Waals surface area contributed by atoms with Gasteiger partial charge in [0.1, 0.15) is 5.82 Å². The minimum atomic E-state index is 0.699. The minimum Gasteiger partial charge on any atom is -0.354 e. The Morgan fingerprint density at radius 3 is 2.71 bits per heavy atom. The van der Waals surface area contributed by atoms with E-state index in [-0.39, 0.29) is 0 Å². The molecule has 0 atom stereocenters. The molecule has 0 saturated heterocycles. The van der Waals surface area contributed by atoms with Crippen LogP contribution in [0.3, 0.4) is 0 Å². The molecule has 0 aliphatic heterocycles. The van der Waals surface area contributed by atoms with Gasteiger partial charge < -0.3 is 10.6 Å². The van der Waals surface area contributed by atoms with E-state index in [1.165, 1.54) is 30.6 Å². The summed E-state index contributed by atoms with van der Waals surface area (Å²) in [5.74, 6) is 1.30. The molecule has 1 fully saturated rings. The number of nitrogens with two attached hydrogens (primary N) is 1. The lowest BCUT2D eigenvalue weighted by atomic mass is 10.1. The Morgan fingerprint density at radius 1 is 1.47 bits per heavy atom.